The highest BCUT2D eigenvalue weighted by Gasteiger charge is 2.20. The molecule has 2 aliphatic rings. The Morgan fingerprint density at radius 2 is 2.04 bits per heavy atom. The molecular formula is C20H20FN3O. The summed E-state index contributed by atoms with van der Waals surface area (Å²) in [6.07, 6.45) is 8.84. The highest BCUT2D eigenvalue weighted by molar-refractivity contribution is 5.65. The molecule has 5 heteroatoms. The lowest BCUT2D eigenvalue weighted by molar-refractivity contribution is 0.0845. The van der Waals surface area contributed by atoms with Crippen LogP contribution in [-0.4, -0.2) is 27.6 Å². The molecular weight excluding hydrogens is 317 g/mol. The molecule has 0 spiro atoms. The molecule has 25 heavy (non-hydrogen) atoms. The summed E-state index contributed by atoms with van der Waals surface area (Å²) in [7, 11) is 0. The Kier molecular flexibility index (Phi) is 3.55. The number of hydrogen-bond donors (Lipinski definition) is 0. The quantitative estimate of drug-likeness (QED) is 0.711. The summed E-state index contributed by atoms with van der Waals surface area (Å²) < 4.78 is 22.1. The number of rotatable bonds is 2. The zero-order chi connectivity index (χ0) is 16.8. The highest BCUT2D eigenvalue weighted by atomic mass is 19.1. The van der Waals surface area contributed by atoms with Crippen molar-refractivity contribution < 1.29 is 9.13 Å². The fraction of sp³-hybridized carbons (Fsp3) is 0.400. The van der Waals surface area contributed by atoms with Crippen molar-refractivity contribution in [3.05, 3.63) is 53.5 Å². The molecule has 0 N–H and O–H groups in total. The van der Waals surface area contributed by atoms with Gasteiger partial charge in [0, 0.05) is 60.1 Å². The largest absolute Gasteiger partial charge is 0.381 e. The molecule has 1 saturated heterocycles. The van der Waals surface area contributed by atoms with Crippen LogP contribution in [0.4, 0.5) is 4.39 Å². The van der Waals surface area contributed by atoms with E-state index >= 15 is 0 Å². The van der Waals surface area contributed by atoms with E-state index in [9.17, 15) is 4.39 Å². The molecule has 128 valence electrons. The maximum Gasteiger partial charge on any atom is 0.140 e. The number of imidazole rings is 1. The van der Waals surface area contributed by atoms with Gasteiger partial charge in [0.25, 0.3) is 0 Å². The van der Waals surface area contributed by atoms with Crippen LogP contribution in [-0.2, 0) is 17.6 Å². The molecule has 0 aromatic carbocycles. The first kappa shape index (κ1) is 15.0. The van der Waals surface area contributed by atoms with Gasteiger partial charge in [-0.2, -0.15) is 0 Å². The second-order valence-corrected chi connectivity index (χ2v) is 6.98. The topological polar surface area (TPSA) is 39.4 Å². The van der Waals surface area contributed by atoms with Crippen molar-refractivity contribution in [3.63, 3.8) is 0 Å². The number of aromatic nitrogens is 3. The van der Waals surface area contributed by atoms with Gasteiger partial charge in [-0.3, -0.25) is 4.98 Å². The molecule has 1 aliphatic carbocycles. The van der Waals surface area contributed by atoms with Crippen molar-refractivity contribution in [3.8, 4) is 11.1 Å². The standard InChI is InChI=1S/C20H20FN3O/c21-16-10-20-23-18-2-1-3-19(18)24(20)12-15(16)14-4-5-17(22-11-14)13-6-8-25-9-7-13/h4-5,10-13H,1-3,6-9H2. The lowest BCUT2D eigenvalue weighted by Crippen LogP contribution is -2.15. The molecule has 5 rings (SSSR count). The number of nitrogens with zero attached hydrogens (tertiary/aromatic N) is 3. The number of hydrogen-bond acceptors (Lipinski definition) is 3. The molecule has 3 aromatic rings. The van der Waals surface area contributed by atoms with Gasteiger partial charge in [0.05, 0.1) is 5.69 Å². The van der Waals surface area contributed by atoms with Gasteiger partial charge in [-0.1, -0.05) is 6.07 Å². The molecule has 1 fully saturated rings. The number of pyridine rings is 2. The number of fused-ring (bicyclic) bond motifs is 3. The second kappa shape index (κ2) is 5.92. The summed E-state index contributed by atoms with van der Waals surface area (Å²) in [5.74, 6) is 0.212. The lowest BCUT2D eigenvalue weighted by atomic mass is 9.95. The van der Waals surface area contributed by atoms with Crippen LogP contribution in [0.25, 0.3) is 16.8 Å². The first-order chi connectivity index (χ1) is 12.3. The third-order valence-electron chi connectivity index (χ3n) is 5.46. The fourth-order valence-electron chi connectivity index (χ4n) is 4.06. The fourth-order valence-corrected chi connectivity index (χ4v) is 4.06. The van der Waals surface area contributed by atoms with Crippen LogP contribution in [0.15, 0.2) is 30.6 Å². The summed E-state index contributed by atoms with van der Waals surface area (Å²) in [5, 5.41) is 0. The average Bonchev–Trinajstić information content (AvgIpc) is 3.23. The molecule has 3 aromatic heterocycles. The van der Waals surface area contributed by atoms with E-state index in [-0.39, 0.29) is 5.82 Å². The van der Waals surface area contributed by atoms with Crippen molar-refractivity contribution >= 4 is 5.65 Å². The van der Waals surface area contributed by atoms with E-state index in [1.807, 2.05) is 22.7 Å². The number of halogens is 1. The molecule has 1 aliphatic heterocycles. The average molecular weight is 337 g/mol. The Morgan fingerprint density at radius 3 is 2.84 bits per heavy atom. The summed E-state index contributed by atoms with van der Waals surface area (Å²) in [4.78, 5) is 9.17. The van der Waals surface area contributed by atoms with Crippen molar-refractivity contribution in [1.82, 2.24) is 14.4 Å². The minimum absolute atomic E-state index is 0.239. The maximum atomic E-state index is 14.6. The second-order valence-electron chi connectivity index (χ2n) is 6.98. The minimum atomic E-state index is -0.239. The van der Waals surface area contributed by atoms with Gasteiger partial charge in [0.1, 0.15) is 11.5 Å². The zero-order valence-corrected chi connectivity index (χ0v) is 14.0. The predicted molar refractivity (Wildman–Crippen MR) is 93.2 cm³/mol. The third kappa shape index (κ3) is 2.54. The van der Waals surface area contributed by atoms with Crippen molar-refractivity contribution in [2.24, 2.45) is 0 Å². The van der Waals surface area contributed by atoms with Crippen molar-refractivity contribution in [1.29, 1.82) is 0 Å². The van der Waals surface area contributed by atoms with Gasteiger partial charge in [-0.15, -0.1) is 0 Å². The number of ether oxygens (including phenoxy) is 1. The van der Waals surface area contributed by atoms with E-state index < -0.39 is 0 Å². The predicted octanol–water partition coefficient (Wildman–Crippen LogP) is 3.92. The molecule has 0 radical (unpaired) electrons. The maximum absolute atomic E-state index is 14.6. The van der Waals surface area contributed by atoms with E-state index in [1.54, 1.807) is 12.3 Å². The molecule has 0 atom stereocenters. The van der Waals surface area contributed by atoms with E-state index in [1.165, 1.54) is 5.69 Å². The van der Waals surface area contributed by atoms with Crippen LogP contribution in [0.2, 0.25) is 0 Å². The molecule has 0 saturated carbocycles. The Hall–Kier alpha value is -2.27. The SMILES string of the molecule is Fc1cc2nc3c(n2cc1-c1ccc(C2CCOCC2)nc1)CCC3. The summed E-state index contributed by atoms with van der Waals surface area (Å²) in [6, 6.07) is 5.56. The normalized spacial score (nSPS) is 18.0. The van der Waals surface area contributed by atoms with Crippen LogP contribution in [0, 0.1) is 5.82 Å². The van der Waals surface area contributed by atoms with Gasteiger partial charge >= 0.3 is 0 Å². The van der Waals surface area contributed by atoms with Crippen molar-refractivity contribution in [2.75, 3.05) is 13.2 Å². The lowest BCUT2D eigenvalue weighted by Gasteiger charge is -2.21. The molecule has 4 nitrogen and oxygen atoms in total. The van der Waals surface area contributed by atoms with Gasteiger partial charge in [0.2, 0.25) is 0 Å². The van der Waals surface area contributed by atoms with Crippen LogP contribution in [0.5, 0.6) is 0 Å². The first-order valence-electron chi connectivity index (χ1n) is 9.03. The van der Waals surface area contributed by atoms with Gasteiger partial charge in [0.15, 0.2) is 0 Å². The minimum Gasteiger partial charge on any atom is -0.381 e. The Labute approximate surface area is 145 Å². The van der Waals surface area contributed by atoms with Crippen LogP contribution < -0.4 is 0 Å². The van der Waals surface area contributed by atoms with Crippen LogP contribution in [0.3, 0.4) is 0 Å². The smallest absolute Gasteiger partial charge is 0.140 e. The van der Waals surface area contributed by atoms with Gasteiger partial charge < -0.3 is 9.14 Å². The van der Waals surface area contributed by atoms with E-state index in [0.717, 1.165) is 62.3 Å². The zero-order valence-electron chi connectivity index (χ0n) is 14.0. The highest BCUT2D eigenvalue weighted by Crippen LogP contribution is 2.30. The molecule has 0 bridgehead atoms. The van der Waals surface area contributed by atoms with E-state index in [2.05, 4.69) is 9.97 Å². The van der Waals surface area contributed by atoms with Crippen LogP contribution >= 0.6 is 0 Å². The van der Waals surface area contributed by atoms with Gasteiger partial charge in [-0.25, -0.2) is 9.37 Å². The van der Waals surface area contributed by atoms with E-state index in [4.69, 9.17) is 4.74 Å². The monoisotopic (exact) mass is 337 g/mol. The Morgan fingerprint density at radius 1 is 1.16 bits per heavy atom. The van der Waals surface area contributed by atoms with Gasteiger partial charge in [-0.05, 0) is 38.2 Å². The van der Waals surface area contributed by atoms with Crippen molar-refractivity contribution in [2.45, 2.75) is 38.0 Å². The molecule has 0 amide bonds. The first-order valence-corrected chi connectivity index (χ1v) is 9.03. The van der Waals surface area contributed by atoms with Crippen LogP contribution in [0.1, 0.15) is 42.3 Å². The molecule has 4 heterocycles. The Balaban J connectivity index is 1.52. The third-order valence-corrected chi connectivity index (χ3v) is 5.46. The number of aryl methyl sites for hydroxylation is 2. The van der Waals surface area contributed by atoms with E-state index in [0.29, 0.717) is 17.1 Å². The summed E-state index contributed by atoms with van der Waals surface area (Å²) in [6.45, 7) is 1.59. The summed E-state index contributed by atoms with van der Waals surface area (Å²) in [5.41, 5.74) is 5.53. The Bertz CT molecular complexity index is 926. The summed E-state index contributed by atoms with van der Waals surface area (Å²) >= 11 is 0. The molecule has 0 unspecified atom stereocenters.